The van der Waals surface area contributed by atoms with Gasteiger partial charge in [0.2, 0.25) is 5.82 Å². The summed E-state index contributed by atoms with van der Waals surface area (Å²) in [7, 11) is 0. The Bertz CT molecular complexity index is 1080. The summed E-state index contributed by atoms with van der Waals surface area (Å²) in [4.78, 5) is 35.2. The molecule has 2 aromatic heterocycles. The van der Waals surface area contributed by atoms with Crippen molar-refractivity contribution in [3.63, 3.8) is 0 Å². The standard InChI is InChI=1S/C16H10F3N3O5/c17-16(18,19)15-20-6-9-11(23)10(14(25)26)13(24)22(12(9)21-15)27-7-8-4-2-1-3-5-8/h1-6,23H,7H2,(H,25,26). The number of halogens is 3. The predicted molar refractivity (Wildman–Crippen MR) is 84.2 cm³/mol. The molecule has 3 aromatic rings. The van der Waals surface area contributed by atoms with Crippen LogP contribution >= 0.6 is 0 Å². The molecule has 0 spiro atoms. The molecule has 1 aromatic carbocycles. The molecule has 140 valence electrons. The average molecular weight is 381 g/mol. The summed E-state index contributed by atoms with van der Waals surface area (Å²) in [5, 5.41) is 18.7. The van der Waals surface area contributed by atoms with Crippen LogP contribution < -0.4 is 10.4 Å². The van der Waals surface area contributed by atoms with Crippen LogP contribution in [0.1, 0.15) is 21.7 Å². The molecule has 2 heterocycles. The quantitative estimate of drug-likeness (QED) is 0.709. The fourth-order valence-corrected chi connectivity index (χ4v) is 2.29. The maximum Gasteiger partial charge on any atom is 0.451 e. The first-order valence-electron chi connectivity index (χ1n) is 7.32. The fourth-order valence-electron chi connectivity index (χ4n) is 2.29. The van der Waals surface area contributed by atoms with Crippen molar-refractivity contribution in [2.24, 2.45) is 0 Å². The molecule has 0 saturated heterocycles. The SMILES string of the molecule is O=C(O)c1c(O)c2cnc(C(F)(F)F)nc2n(OCc2ccccc2)c1=O. The highest BCUT2D eigenvalue weighted by Gasteiger charge is 2.36. The number of aromatic carboxylic acids is 1. The lowest BCUT2D eigenvalue weighted by Gasteiger charge is -2.14. The Labute approximate surface area is 148 Å². The molecular weight excluding hydrogens is 371 g/mol. The molecular formula is C16H10F3N3O5. The highest BCUT2D eigenvalue weighted by molar-refractivity contribution is 5.97. The normalized spacial score (nSPS) is 11.5. The van der Waals surface area contributed by atoms with E-state index in [-0.39, 0.29) is 6.61 Å². The zero-order valence-corrected chi connectivity index (χ0v) is 13.3. The number of carbonyl (C=O) groups is 1. The van der Waals surface area contributed by atoms with Crippen LogP contribution in [-0.4, -0.2) is 30.9 Å². The van der Waals surface area contributed by atoms with E-state index in [1.54, 1.807) is 30.3 Å². The number of rotatable bonds is 4. The lowest BCUT2D eigenvalue weighted by molar-refractivity contribution is -0.144. The Kier molecular flexibility index (Phi) is 4.44. The second kappa shape index (κ2) is 6.59. The van der Waals surface area contributed by atoms with Crippen molar-refractivity contribution in [1.82, 2.24) is 14.7 Å². The van der Waals surface area contributed by atoms with Crippen molar-refractivity contribution < 1.29 is 33.0 Å². The fraction of sp³-hybridized carbons (Fsp3) is 0.125. The molecule has 0 aliphatic rings. The molecule has 0 atom stereocenters. The number of fused-ring (bicyclic) bond motifs is 1. The predicted octanol–water partition coefficient (Wildman–Crippen LogP) is 1.84. The van der Waals surface area contributed by atoms with Crippen LogP contribution in [0.25, 0.3) is 11.0 Å². The minimum absolute atomic E-state index is 0.259. The lowest BCUT2D eigenvalue weighted by atomic mass is 10.2. The van der Waals surface area contributed by atoms with Crippen LogP contribution in [0.4, 0.5) is 13.2 Å². The number of carboxylic acid groups (broad SMARTS) is 1. The number of hydrogen-bond acceptors (Lipinski definition) is 6. The first-order valence-corrected chi connectivity index (χ1v) is 7.32. The Balaban J connectivity index is 2.23. The van der Waals surface area contributed by atoms with Gasteiger partial charge < -0.3 is 15.1 Å². The molecule has 2 N–H and O–H groups in total. The van der Waals surface area contributed by atoms with Crippen LogP contribution in [0.3, 0.4) is 0 Å². The summed E-state index contributed by atoms with van der Waals surface area (Å²) < 4.78 is 39.0. The highest BCUT2D eigenvalue weighted by Crippen LogP contribution is 2.30. The third-order valence-electron chi connectivity index (χ3n) is 3.52. The molecule has 0 amide bonds. The zero-order valence-electron chi connectivity index (χ0n) is 13.3. The Hall–Kier alpha value is -3.63. The van der Waals surface area contributed by atoms with Gasteiger partial charge in [0.15, 0.2) is 11.2 Å². The van der Waals surface area contributed by atoms with Gasteiger partial charge in [0.05, 0.1) is 5.39 Å². The smallest absolute Gasteiger partial charge is 0.451 e. The number of benzene rings is 1. The van der Waals surface area contributed by atoms with Gasteiger partial charge in [-0.1, -0.05) is 30.3 Å². The maximum absolute atomic E-state index is 12.9. The van der Waals surface area contributed by atoms with Gasteiger partial charge in [-0.25, -0.2) is 14.8 Å². The molecule has 8 nitrogen and oxygen atoms in total. The van der Waals surface area contributed by atoms with E-state index in [0.29, 0.717) is 16.5 Å². The van der Waals surface area contributed by atoms with Crippen LogP contribution in [0, 0.1) is 0 Å². The molecule has 0 aliphatic heterocycles. The van der Waals surface area contributed by atoms with Gasteiger partial charge in [-0.3, -0.25) is 4.79 Å². The number of aromatic hydroxyl groups is 1. The lowest BCUT2D eigenvalue weighted by Crippen LogP contribution is -2.32. The van der Waals surface area contributed by atoms with Crippen molar-refractivity contribution in [2.75, 3.05) is 0 Å². The van der Waals surface area contributed by atoms with Gasteiger partial charge in [-0.2, -0.15) is 13.2 Å². The summed E-state index contributed by atoms with van der Waals surface area (Å²) in [6.07, 6.45) is -4.34. The summed E-state index contributed by atoms with van der Waals surface area (Å²) in [6.45, 7) is -0.259. The topological polar surface area (TPSA) is 115 Å². The van der Waals surface area contributed by atoms with Gasteiger partial charge in [-0.15, -0.1) is 4.73 Å². The van der Waals surface area contributed by atoms with Crippen molar-refractivity contribution >= 4 is 17.0 Å². The molecule has 27 heavy (non-hydrogen) atoms. The molecule has 11 heteroatoms. The second-order valence-corrected chi connectivity index (χ2v) is 5.32. The highest BCUT2D eigenvalue weighted by atomic mass is 19.4. The molecule has 0 fully saturated rings. The molecule has 0 aliphatic carbocycles. The third-order valence-corrected chi connectivity index (χ3v) is 3.52. The van der Waals surface area contributed by atoms with E-state index in [1.165, 1.54) is 0 Å². The van der Waals surface area contributed by atoms with Crippen LogP contribution in [-0.2, 0) is 12.8 Å². The van der Waals surface area contributed by atoms with Crippen LogP contribution in [0.2, 0.25) is 0 Å². The molecule has 0 radical (unpaired) electrons. The van der Waals surface area contributed by atoms with E-state index in [1.807, 2.05) is 0 Å². The number of alkyl halides is 3. The van der Waals surface area contributed by atoms with Crippen molar-refractivity contribution in [3.8, 4) is 5.75 Å². The molecule has 0 bridgehead atoms. The van der Waals surface area contributed by atoms with Gasteiger partial charge in [0, 0.05) is 6.20 Å². The summed E-state index contributed by atoms with van der Waals surface area (Å²) in [5.74, 6) is -4.40. The number of hydrogen-bond donors (Lipinski definition) is 2. The van der Waals surface area contributed by atoms with E-state index >= 15 is 0 Å². The molecule has 0 unspecified atom stereocenters. The van der Waals surface area contributed by atoms with Crippen molar-refractivity contribution in [2.45, 2.75) is 12.8 Å². The monoisotopic (exact) mass is 381 g/mol. The minimum atomic E-state index is -4.92. The van der Waals surface area contributed by atoms with Crippen molar-refractivity contribution in [3.05, 3.63) is 63.8 Å². The van der Waals surface area contributed by atoms with Gasteiger partial charge in [0.25, 0.3) is 0 Å². The second-order valence-electron chi connectivity index (χ2n) is 5.32. The van der Waals surface area contributed by atoms with E-state index in [4.69, 9.17) is 9.94 Å². The summed E-state index contributed by atoms with van der Waals surface area (Å²) in [6, 6.07) is 8.31. The Morgan fingerprint density at radius 1 is 1.22 bits per heavy atom. The van der Waals surface area contributed by atoms with E-state index in [9.17, 15) is 27.9 Å². The maximum atomic E-state index is 12.9. The van der Waals surface area contributed by atoms with Crippen LogP contribution in [0.5, 0.6) is 5.75 Å². The third kappa shape index (κ3) is 3.38. The first-order chi connectivity index (χ1) is 12.7. The van der Waals surface area contributed by atoms with E-state index in [0.717, 1.165) is 0 Å². The summed E-state index contributed by atoms with van der Waals surface area (Å²) >= 11 is 0. The Morgan fingerprint density at radius 3 is 2.48 bits per heavy atom. The number of carboxylic acids is 1. The van der Waals surface area contributed by atoms with E-state index in [2.05, 4.69) is 9.97 Å². The van der Waals surface area contributed by atoms with Crippen molar-refractivity contribution in [1.29, 1.82) is 0 Å². The molecule has 3 rings (SSSR count). The number of nitrogens with zero attached hydrogens (tertiary/aromatic N) is 3. The average Bonchev–Trinajstić information content (AvgIpc) is 2.61. The Morgan fingerprint density at radius 2 is 1.89 bits per heavy atom. The van der Waals surface area contributed by atoms with Gasteiger partial charge in [0.1, 0.15) is 12.4 Å². The summed E-state index contributed by atoms with van der Waals surface area (Å²) in [5.41, 5.74) is -2.58. The first kappa shape index (κ1) is 18.2. The van der Waals surface area contributed by atoms with Crippen LogP contribution in [0.15, 0.2) is 41.3 Å². The number of pyridine rings is 1. The largest absolute Gasteiger partial charge is 0.506 e. The van der Waals surface area contributed by atoms with Gasteiger partial charge >= 0.3 is 17.7 Å². The van der Waals surface area contributed by atoms with E-state index < -0.39 is 45.9 Å². The van der Waals surface area contributed by atoms with Gasteiger partial charge in [-0.05, 0) is 5.56 Å². The number of aromatic nitrogens is 3. The zero-order chi connectivity index (χ0) is 19.8. The molecule has 0 saturated carbocycles. The minimum Gasteiger partial charge on any atom is -0.506 e.